The average molecular weight is 402 g/mol. The highest BCUT2D eigenvalue weighted by Crippen LogP contribution is 2.39. The normalized spacial score (nSPS) is 21.5. The van der Waals surface area contributed by atoms with Gasteiger partial charge in [-0.2, -0.15) is 0 Å². The molecule has 4 rings (SSSR count). The zero-order valence-electron chi connectivity index (χ0n) is 13.9. The molecule has 27 heavy (non-hydrogen) atoms. The van der Waals surface area contributed by atoms with Crippen LogP contribution in [0.15, 0.2) is 36.4 Å². The quantitative estimate of drug-likeness (QED) is 0.484. The number of nitrogens with one attached hydrogen (secondary N) is 1. The van der Waals surface area contributed by atoms with E-state index in [0.717, 1.165) is 10.5 Å². The van der Waals surface area contributed by atoms with Gasteiger partial charge in [0.05, 0.1) is 12.3 Å². The number of benzene rings is 1. The van der Waals surface area contributed by atoms with Crippen LogP contribution in [0.2, 0.25) is 10.3 Å². The Bertz CT molecular complexity index is 968. The predicted octanol–water partition coefficient (Wildman–Crippen LogP) is 3.60. The molecule has 1 atom stereocenters. The van der Waals surface area contributed by atoms with Gasteiger partial charge < -0.3 is 0 Å². The largest absolute Gasteiger partial charge is 0.346 e. The Morgan fingerprint density at radius 1 is 1.19 bits per heavy atom. The zero-order chi connectivity index (χ0) is 19.2. The summed E-state index contributed by atoms with van der Waals surface area (Å²) in [5.74, 6) is -0.343. The summed E-state index contributed by atoms with van der Waals surface area (Å²) in [5.41, 5.74) is 3.65. The number of carbonyl (C=O) groups is 2. The van der Waals surface area contributed by atoms with Gasteiger partial charge in [0.1, 0.15) is 15.8 Å². The average Bonchev–Trinajstić information content (AvgIpc) is 3.13. The Morgan fingerprint density at radius 3 is 2.48 bits per heavy atom. The molecule has 2 saturated heterocycles. The van der Waals surface area contributed by atoms with Crippen molar-refractivity contribution in [1.29, 1.82) is 0 Å². The summed E-state index contributed by atoms with van der Waals surface area (Å²) < 4.78 is 0. The van der Waals surface area contributed by atoms with Crippen LogP contribution < -0.4 is 10.3 Å². The second-order valence-electron chi connectivity index (χ2n) is 6.37. The van der Waals surface area contributed by atoms with E-state index in [4.69, 9.17) is 29.8 Å². The minimum absolute atomic E-state index is 0.0990. The predicted molar refractivity (Wildman–Crippen MR) is 101 cm³/mol. The molecule has 2 aromatic rings. The van der Waals surface area contributed by atoms with Crippen molar-refractivity contribution in [2.75, 3.05) is 11.4 Å². The standard InChI is InChI=1S/C18H13Cl2N5O2/c1-21-12-4-2-11(3-5-12)10-18-6-7-22-25(18)17(27)24(16(18)26)13-8-14(19)23-15(20)9-13/h2-5,8-9,22H,6-7,10H2. The van der Waals surface area contributed by atoms with Gasteiger partial charge in [-0.25, -0.2) is 30.0 Å². The van der Waals surface area contributed by atoms with Crippen molar-refractivity contribution in [3.63, 3.8) is 0 Å². The SMILES string of the molecule is [C-]#[N+]c1ccc(CC23CCNN2C(=O)N(c2cc(Cl)nc(Cl)c2)C3=O)cc1. The second kappa shape index (κ2) is 6.50. The number of amides is 3. The van der Waals surface area contributed by atoms with Crippen LogP contribution in [-0.4, -0.2) is 34.0 Å². The Hall–Kier alpha value is -2.66. The molecule has 136 valence electrons. The lowest BCUT2D eigenvalue weighted by Gasteiger charge is -2.27. The summed E-state index contributed by atoms with van der Waals surface area (Å²) in [6.07, 6.45) is 0.817. The molecule has 7 nitrogen and oxygen atoms in total. The van der Waals surface area contributed by atoms with E-state index >= 15 is 0 Å². The third-order valence-corrected chi connectivity index (χ3v) is 5.18. The maximum absolute atomic E-state index is 13.3. The number of carbonyl (C=O) groups excluding carboxylic acids is 2. The van der Waals surface area contributed by atoms with E-state index in [-0.39, 0.29) is 21.9 Å². The lowest BCUT2D eigenvalue weighted by Crippen LogP contribution is -2.49. The van der Waals surface area contributed by atoms with Crippen molar-refractivity contribution < 1.29 is 9.59 Å². The molecule has 1 aromatic heterocycles. The Morgan fingerprint density at radius 2 is 1.85 bits per heavy atom. The molecule has 0 aliphatic carbocycles. The van der Waals surface area contributed by atoms with Gasteiger partial charge in [0.2, 0.25) is 0 Å². The minimum Gasteiger partial charge on any atom is -0.271 e. The number of aromatic nitrogens is 1. The van der Waals surface area contributed by atoms with Gasteiger partial charge >= 0.3 is 6.03 Å². The van der Waals surface area contributed by atoms with Crippen molar-refractivity contribution in [3.8, 4) is 0 Å². The number of rotatable bonds is 3. The van der Waals surface area contributed by atoms with Gasteiger partial charge in [-0.15, -0.1) is 0 Å². The molecule has 0 bridgehead atoms. The van der Waals surface area contributed by atoms with Crippen molar-refractivity contribution in [1.82, 2.24) is 15.4 Å². The molecule has 3 amide bonds. The van der Waals surface area contributed by atoms with Crippen LogP contribution in [0.3, 0.4) is 0 Å². The van der Waals surface area contributed by atoms with E-state index in [9.17, 15) is 9.59 Å². The van der Waals surface area contributed by atoms with Gasteiger partial charge in [-0.05, 0) is 24.1 Å². The Labute approximate surface area is 165 Å². The van der Waals surface area contributed by atoms with E-state index in [1.165, 1.54) is 17.1 Å². The van der Waals surface area contributed by atoms with Crippen LogP contribution in [0.1, 0.15) is 12.0 Å². The number of hydrogen-bond donors (Lipinski definition) is 1. The molecule has 1 aromatic carbocycles. The van der Waals surface area contributed by atoms with Crippen molar-refractivity contribution in [2.45, 2.75) is 18.4 Å². The molecular formula is C18H13Cl2N5O2. The fourth-order valence-corrected chi connectivity index (χ4v) is 4.01. The molecular weight excluding hydrogens is 389 g/mol. The molecule has 9 heteroatoms. The Balaban J connectivity index is 1.72. The van der Waals surface area contributed by atoms with Crippen molar-refractivity contribution in [3.05, 3.63) is 63.7 Å². The molecule has 1 N–H and O–H groups in total. The number of pyridine rings is 1. The number of hydrogen-bond acceptors (Lipinski definition) is 4. The van der Waals surface area contributed by atoms with Crippen LogP contribution in [0.25, 0.3) is 4.85 Å². The van der Waals surface area contributed by atoms with Crippen LogP contribution in [0.5, 0.6) is 0 Å². The Kier molecular flexibility index (Phi) is 4.27. The maximum atomic E-state index is 13.3. The summed E-state index contributed by atoms with van der Waals surface area (Å²) in [4.78, 5) is 34.6. The maximum Gasteiger partial charge on any atom is 0.346 e. The highest BCUT2D eigenvalue weighted by atomic mass is 35.5. The second-order valence-corrected chi connectivity index (χ2v) is 7.15. The van der Waals surface area contributed by atoms with Gasteiger partial charge in [-0.3, -0.25) is 4.79 Å². The monoisotopic (exact) mass is 401 g/mol. The van der Waals surface area contributed by atoms with Crippen molar-refractivity contribution in [2.24, 2.45) is 0 Å². The van der Waals surface area contributed by atoms with E-state index in [1.807, 2.05) is 0 Å². The zero-order valence-corrected chi connectivity index (χ0v) is 15.5. The van der Waals surface area contributed by atoms with E-state index in [1.54, 1.807) is 24.3 Å². The third-order valence-electron chi connectivity index (χ3n) is 4.79. The lowest BCUT2D eigenvalue weighted by molar-refractivity contribution is -0.124. The molecule has 2 fully saturated rings. The molecule has 2 aliphatic rings. The fraction of sp³-hybridized carbons (Fsp3) is 0.222. The fourth-order valence-electron chi connectivity index (χ4n) is 3.56. The number of fused-ring (bicyclic) bond motifs is 1. The first kappa shape index (κ1) is 17.7. The summed E-state index contributed by atoms with van der Waals surface area (Å²) in [6, 6.07) is 9.40. The van der Waals surface area contributed by atoms with Crippen LogP contribution in [0, 0.1) is 6.57 Å². The van der Waals surface area contributed by atoms with Gasteiger partial charge in [0.15, 0.2) is 5.69 Å². The molecule has 3 heterocycles. The van der Waals surface area contributed by atoms with E-state index < -0.39 is 11.6 Å². The molecule has 0 radical (unpaired) electrons. The number of urea groups is 1. The smallest absolute Gasteiger partial charge is 0.271 e. The van der Waals surface area contributed by atoms with Crippen molar-refractivity contribution >= 4 is 46.5 Å². The first-order valence-electron chi connectivity index (χ1n) is 8.16. The summed E-state index contributed by atoms with van der Waals surface area (Å²) in [7, 11) is 0. The van der Waals surface area contributed by atoms with Gasteiger partial charge in [-0.1, -0.05) is 47.5 Å². The summed E-state index contributed by atoms with van der Waals surface area (Å²) >= 11 is 11.9. The topological polar surface area (TPSA) is 69.9 Å². The molecule has 0 saturated carbocycles. The van der Waals surface area contributed by atoms with Crippen LogP contribution in [-0.2, 0) is 11.2 Å². The first-order chi connectivity index (χ1) is 12.9. The highest BCUT2D eigenvalue weighted by molar-refractivity contribution is 6.33. The number of nitrogens with zero attached hydrogens (tertiary/aromatic N) is 4. The highest BCUT2D eigenvalue weighted by Gasteiger charge is 2.60. The van der Waals surface area contributed by atoms with Gasteiger partial charge in [0, 0.05) is 13.0 Å². The first-order valence-corrected chi connectivity index (χ1v) is 8.92. The van der Waals surface area contributed by atoms with Crippen LogP contribution in [0.4, 0.5) is 16.2 Å². The lowest BCUT2D eigenvalue weighted by atomic mass is 9.88. The van der Waals surface area contributed by atoms with E-state index in [2.05, 4.69) is 15.3 Å². The van der Waals surface area contributed by atoms with Crippen LogP contribution >= 0.6 is 23.2 Å². The van der Waals surface area contributed by atoms with Gasteiger partial charge in [0.25, 0.3) is 5.91 Å². The third kappa shape index (κ3) is 2.82. The summed E-state index contributed by atoms with van der Waals surface area (Å²) in [5, 5.41) is 1.59. The molecule has 2 aliphatic heterocycles. The molecule has 1 unspecified atom stereocenters. The summed E-state index contributed by atoms with van der Waals surface area (Å²) in [6.45, 7) is 7.56. The van der Waals surface area contributed by atoms with E-state index in [0.29, 0.717) is 25.1 Å². The number of anilines is 1. The minimum atomic E-state index is -1.03. The molecule has 0 spiro atoms. The number of halogens is 2. The number of hydrazine groups is 1. The number of imide groups is 1.